The van der Waals surface area contributed by atoms with E-state index in [4.69, 9.17) is 0 Å². The summed E-state index contributed by atoms with van der Waals surface area (Å²) in [6.45, 7) is 11.7. The van der Waals surface area contributed by atoms with Gasteiger partial charge in [0.15, 0.2) is 0 Å². The molecule has 0 radical (unpaired) electrons. The molecule has 3 atom stereocenters. The van der Waals surface area contributed by atoms with Gasteiger partial charge in [-0.15, -0.1) is 0 Å². The lowest BCUT2D eigenvalue weighted by Crippen LogP contribution is -2.52. The van der Waals surface area contributed by atoms with Crippen molar-refractivity contribution in [2.75, 3.05) is 6.54 Å². The topological polar surface area (TPSA) is 24.9 Å². The average Bonchev–Trinajstić information content (AvgIpc) is 2.68. The van der Waals surface area contributed by atoms with Crippen molar-refractivity contribution in [3.8, 4) is 0 Å². The maximum atomic E-state index is 4.25. The maximum Gasteiger partial charge on any atom is 0.0312 e. The zero-order chi connectivity index (χ0) is 19.8. The van der Waals surface area contributed by atoms with Gasteiger partial charge < -0.3 is 5.32 Å². The van der Waals surface area contributed by atoms with E-state index >= 15 is 0 Å². The highest BCUT2D eigenvalue weighted by Gasteiger charge is 2.51. The summed E-state index contributed by atoms with van der Waals surface area (Å²) < 4.78 is 0. The second-order valence-corrected chi connectivity index (χ2v) is 10.1. The lowest BCUT2D eigenvalue weighted by molar-refractivity contribution is 0.0257. The van der Waals surface area contributed by atoms with Crippen LogP contribution in [0.3, 0.4) is 0 Å². The van der Waals surface area contributed by atoms with Gasteiger partial charge in [-0.2, -0.15) is 0 Å². The minimum atomic E-state index is 0.325. The Morgan fingerprint density at radius 2 is 2.04 bits per heavy atom. The number of benzene rings is 1. The molecule has 0 unspecified atom stereocenters. The number of aromatic nitrogens is 1. The number of rotatable bonds is 5. The third-order valence-electron chi connectivity index (χ3n) is 7.75. The Bertz CT molecular complexity index is 812. The number of hydrogen-bond donors (Lipinski definition) is 1. The number of nitrogens with one attached hydrogen (secondary N) is 1. The minimum absolute atomic E-state index is 0.325. The van der Waals surface area contributed by atoms with Gasteiger partial charge in [0.2, 0.25) is 0 Å². The summed E-state index contributed by atoms with van der Waals surface area (Å²) in [4.78, 5) is 4.25. The van der Waals surface area contributed by atoms with Crippen LogP contribution in [0.5, 0.6) is 0 Å². The van der Waals surface area contributed by atoms with Gasteiger partial charge in [-0.05, 0) is 76.7 Å². The molecule has 1 heterocycles. The van der Waals surface area contributed by atoms with Crippen molar-refractivity contribution in [1.29, 1.82) is 0 Å². The van der Waals surface area contributed by atoms with Crippen molar-refractivity contribution in [1.82, 2.24) is 10.3 Å². The highest BCUT2D eigenvalue weighted by Crippen LogP contribution is 2.57. The Morgan fingerprint density at radius 3 is 2.79 bits per heavy atom. The van der Waals surface area contributed by atoms with E-state index in [1.165, 1.54) is 43.2 Å². The van der Waals surface area contributed by atoms with Gasteiger partial charge in [-0.1, -0.05) is 58.4 Å². The van der Waals surface area contributed by atoms with Gasteiger partial charge in [0.05, 0.1) is 0 Å². The summed E-state index contributed by atoms with van der Waals surface area (Å²) in [7, 11) is 0. The molecule has 1 aromatic heterocycles. The normalized spacial score (nSPS) is 29.4. The number of pyridine rings is 1. The molecule has 0 saturated heterocycles. The van der Waals surface area contributed by atoms with Crippen LogP contribution < -0.4 is 5.32 Å². The van der Waals surface area contributed by atoms with Crippen molar-refractivity contribution in [2.45, 2.75) is 77.7 Å². The third kappa shape index (κ3) is 3.52. The molecule has 28 heavy (non-hydrogen) atoms. The largest absolute Gasteiger partial charge is 0.312 e. The molecular weight excluding hydrogens is 340 g/mol. The van der Waals surface area contributed by atoms with Gasteiger partial charge in [-0.3, -0.25) is 4.98 Å². The Kier molecular flexibility index (Phi) is 5.35. The second kappa shape index (κ2) is 7.63. The monoisotopic (exact) mass is 376 g/mol. The van der Waals surface area contributed by atoms with Gasteiger partial charge in [0, 0.05) is 25.5 Å². The SMILES string of the molecule is CC(C)c1ccc2c(c1)CC[C@@H]1[C@](C)(CNCc3cccnc3)CCC[C@@]21C. The molecule has 2 aliphatic carbocycles. The first-order valence-electron chi connectivity index (χ1n) is 11.2. The van der Waals surface area contributed by atoms with Gasteiger partial charge in [0.1, 0.15) is 0 Å². The molecule has 2 aliphatic rings. The highest BCUT2D eigenvalue weighted by molar-refractivity contribution is 5.42. The lowest BCUT2D eigenvalue weighted by Gasteiger charge is -2.55. The van der Waals surface area contributed by atoms with Crippen LogP contribution in [0.1, 0.15) is 81.5 Å². The van der Waals surface area contributed by atoms with Crippen LogP contribution in [0.25, 0.3) is 0 Å². The summed E-state index contributed by atoms with van der Waals surface area (Å²) in [5.41, 5.74) is 6.73. The average molecular weight is 377 g/mol. The van der Waals surface area contributed by atoms with Crippen molar-refractivity contribution >= 4 is 0 Å². The van der Waals surface area contributed by atoms with E-state index < -0.39 is 0 Å². The van der Waals surface area contributed by atoms with Crippen molar-refractivity contribution in [3.63, 3.8) is 0 Å². The van der Waals surface area contributed by atoms with Crippen LogP contribution in [0.15, 0.2) is 42.7 Å². The van der Waals surface area contributed by atoms with Crippen molar-refractivity contribution in [2.24, 2.45) is 11.3 Å². The fraction of sp³-hybridized carbons (Fsp3) is 0.577. The summed E-state index contributed by atoms with van der Waals surface area (Å²) in [6, 6.07) is 11.6. The van der Waals surface area contributed by atoms with Crippen molar-refractivity contribution in [3.05, 3.63) is 65.0 Å². The lowest BCUT2D eigenvalue weighted by atomic mass is 9.49. The zero-order valence-corrected chi connectivity index (χ0v) is 18.1. The predicted molar refractivity (Wildman–Crippen MR) is 118 cm³/mol. The van der Waals surface area contributed by atoms with Crippen LogP contribution >= 0.6 is 0 Å². The second-order valence-electron chi connectivity index (χ2n) is 10.1. The van der Waals surface area contributed by atoms with E-state index in [1.54, 1.807) is 11.1 Å². The van der Waals surface area contributed by atoms with E-state index in [2.05, 4.69) is 62.3 Å². The Balaban J connectivity index is 1.54. The standard InChI is InChI=1S/C26H36N2/c1-19(2)21-8-10-23-22(15-21)9-11-24-25(3,12-6-13-26(23,24)4)18-28-17-20-7-5-14-27-16-20/h5,7-8,10,14-16,19,24,28H,6,9,11-13,17-18H2,1-4H3/t24-,25+,26+/m1/s1. The first-order chi connectivity index (χ1) is 13.4. The molecule has 4 rings (SSSR count). The van der Waals surface area contributed by atoms with Gasteiger partial charge in [-0.25, -0.2) is 0 Å². The fourth-order valence-electron chi connectivity index (χ4n) is 6.21. The highest BCUT2D eigenvalue weighted by atomic mass is 14.9. The van der Waals surface area contributed by atoms with Crippen LogP contribution in [-0.4, -0.2) is 11.5 Å². The molecule has 2 nitrogen and oxygen atoms in total. The molecule has 0 spiro atoms. The Hall–Kier alpha value is -1.67. The minimum Gasteiger partial charge on any atom is -0.312 e. The summed E-state index contributed by atoms with van der Waals surface area (Å²) in [5.74, 6) is 1.37. The Labute approximate surface area is 171 Å². The van der Waals surface area contributed by atoms with Crippen molar-refractivity contribution < 1.29 is 0 Å². The molecule has 0 amide bonds. The molecule has 0 bridgehead atoms. The molecule has 1 fully saturated rings. The molecule has 1 N–H and O–H groups in total. The third-order valence-corrected chi connectivity index (χ3v) is 7.75. The number of fused-ring (bicyclic) bond motifs is 3. The summed E-state index contributed by atoms with van der Waals surface area (Å²) in [5, 5.41) is 3.77. The summed E-state index contributed by atoms with van der Waals surface area (Å²) in [6.07, 6.45) is 10.4. The quantitative estimate of drug-likeness (QED) is 0.692. The fourth-order valence-corrected chi connectivity index (χ4v) is 6.21. The molecule has 150 valence electrons. The van der Waals surface area contributed by atoms with E-state index in [9.17, 15) is 0 Å². The number of aryl methyl sites for hydroxylation is 1. The van der Waals surface area contributed by atoms with Gasteiger partial charge >= 0.3 is 0 Å². The molecule has 1 aromatic carbocycles. The van der Waals surface area contributed by atoms with Crippen LogP contribution in [0.4, 0.5) is 0 Å². The number of hydrogen-bond acceptors (Lipinski definition) is 2. The molecule has 1 saturated carbocycles. The predicted octanol–water partition coefficient (Wildman–Crippen LogP) is 6.01. The number of nitrogens with zero attached hydrogens (tertiary/aromatic N) is 1. The Morgan fingerprint density at radius 1 is 1.18 bits per heavy atom. The molecular formula is C26H36N2. The molecule has 2 aromatic rings. The van der Waals surface area contributed by atoms with Crippen LogP contribution in [-0.2, 0) is 18.4 Å². The molecule has 0 aliphatic heterocycles. The van der Waals surface area contributed by atoms with E-state index in [0.717, 1.165) is 19.0 Å². The smallest absolute Gasteiger partial charge is 0.0312 e. The van der Waals surface area contributed by atoms with Crippen LogP contribution in [0, 0.1) is 11.3 Å². The van der Waals surface area contributed by atoms with E-state index in [-0.39, 0.29) is 0 Å². The zero-order valence-electron chi connectivity index (χ0n) is 18.1. The first-order valence-corrected chi connectivity index (χ1v) is 11.2. The molecule has 2 heteroatoms. The maximum absolute atomic E-state index is 4.25. The van der Waals surface area contributed by atoms with Gasteiger partial charge in [0.25, 0.3) is 0 Å². The van der Waals surface area contributed by atoms with Crippen LogP contribution in [0.2, 0.25) is 0 Å². The van der Waals surface area contributed by atoms with E-state index in [1.807, 2.05) is 18.5 Å². The first kappa shape index (κ1) is 19.6. The summed E-state index contributed by atoms with van der Waals surface area (Å²) >= 11 is 0. The van der Waals surface area contributed by atoms with E-state index in [0.29, 0.717) is 16.7 Å².